The lowest BCUT2D eigenvalue weighted by Gasteiger charge is -2.31. The van der Waals surface area contributed by atoms with Crippen molar-refractivity contribution in [2.75, 3.05) is 18.4 Å². The number of sulfonamides is 1. The van der Waals surface area contributed by atoms with Gasteiger partial charge in [0.15, 0.2) is 5.76 Å². The lowest BCUT2D eigenvalue weighted by atomic mass is 9.99. The first-order chi connectivity index (χ1) is 13.5. The molecule has 2 aromatic rings. The highest BCUT2D eigenvalue weighted by Gasteiger charge is 2.37. The number of carbonyl (C=O) groups excluding carboxylic acids is 2. The minimum Gasteiger partial charge on any atom is -0.365 e. The summed E-state index contributed by atoms with van der Waals surface area (Å²) >= 11 is 1.28. The lowest BCUT2D eigenvalue weighted by molar-refractivity contribution is -0.120. The van der Waals surface area contributed by atoms with Gasteiger partial charge >= 0.3 is 0 Å². The van der Waals surface area contributed by atoms with E-state index in [1.807, 2.05) is 6.92 Å². The summed E-state index contributed by atoms with van der Waals surface area (Å²) in [5, 5.41) is 6.91. The highest BCUT2D eigenvalue weighted by molar-refractivity contribution is 7.89. The van der Waals surface area contributed by atoms with Gasteiger partial charge in [0.25, 0.3) is 5.91 Å². The topological polar surface area (TPSA) is 136 Å². The number of amides is 2. The third-order valence-electron chi connectivity index (χ3n) is 5.19. The van der Waals surface area contributed by atoms with Crippen molar-refractivity contribution >= 4 is 38.2 Å². The molecule has 0 spiro atoms. The van der Waals surface area contributed by atoms with Gasteiger partial charge in [0.1, 0.15) is 15.6 Å². The summed E-state index contributed by atoms with van der Waals surface area (Å²) in [5.41, 5.74) is 6.80. The van der Waals surface area contributed by atoms with Gasteiger partial charge in [-0.1, -0.05) is 5.16 Å². The summed E-state index contributed by atoms with van der Waals surface area (Å²) in [6.07, 6.45) is 1.10. The quantitative estimate of drug-likeness (QED) is 0.731. The van der Waals surface area contributed by atoms with Crippen molar-refractivity contribution in [1.82, 2.24) is 9.46 Å². The molecule has 2 aromatic heterocycles. The van der Waals surface area contributed by atoms with Gasteiger partial charge in [0.05, 0.1) is 11.5 Å². The van der Waals surface area contributed by atoms with Crippen molar-refractivity contribution in [3.05, 3.63) is 27.5 Å². The number of rotatable bonds is 5. The SMILES string of the molecule is Cc1noc(C)c1S(=O)(=O)N1CCCC(C(=O)Nc2sc(C)c(C)c2C(N)=O)C1. The number of nitrogens with one attached hydrogen (secondary N) is 1. The lowest BCUT2D eigenvalue weighted by Crippen LogP contribution is -2.44. The smallest absolute Gasteiger partial charge is 0.251 e. The first-order valence-corrected chi connectivity index (χ1v) is 11.4. The van der Waals surface area contributed by atoms with Crippen molar-refractivity contribution in [3.8, 4) is 0 Å². The van der Waals surface area contributed by atoms with Gasteiger partial charge in [-0.3, -0.25) is 9.59 Å². The van der Waals surface area contributed by atoms with E-state index < -0.39 is 21.8 Å². The van der Waals surface area contributed by atoms with Gasteiger partial charge in [0.2, 0.25) is 15.9 Å². The molecule has 0 saturated carbocycles. The van der Waals surface area contributed by atoms with Gasteiger partial charge in [-0.05, 0) is 46.1 Å². The summed E-state index contributed by atoms with van der Waals surface area (Å²) in [6.45, 7) is 7.12. The van der Waals surface area contributed by atoms with E-state index in [0.717, 1.165) is 10.4 Å². The van der Waals surface area contributed by atoms with Crippen LogP contribution in [0.5, 0.6) is 0 Å². The maximum atomic E-state index is 13.0. The van der Waals surface area contributed by atoms with Crippen LogP contribution in [0.2, 0.25) is 0 Å². The Balaban J connectivity index is 1.80. The number of anilines is 1. The second-order valence-electron chi connectivity index (χ2n) is 7.20. The summed E-state index contributed by atoms with van der Waals surface area (Å²) < 4.78 is 32.4. The van der Waals surface area contributed by atoms with Crippen LogP contribution >= 0.6 is 11.3 Å². The van der Waals surface area contributed by atoms with Crippen molar-refractivity contribution < 1.29 is 22.5 Å². The largest absolute Gasteiger partial charge is 0.365 e. The van der Waals surface area contributed by atoms with Crippen molar-refractivity contribution in [2.45, 2.75) is 45.4 Å². The predicted octanol–water partition coefficient (Wildman–Crippen LogP) is 2.11. The van der Waals surface area contributed by atoms with Crippen LogP contribution in [0, 0.1) is 33.6 Å². The highest BCUT2D eigenvalue weighted by Crippen LogP contribution is 2.33. The van der Waals surface area contributed by atoms with Gasteiger partial charge in [0, 0.05) is 18.0 Å². The average molecular weight is 441 g/mol. The Morgan fingerprint density at radius 2 is 1.97 bits per heavy atom. The van der Waals surface area contributed by atoms with Crippen LogP contribution in [0.1, 0.15) is 45.1 Å². The highest BCUT2D eigenvalue weighted by atomic mass is 32.2. The van der Waals surface area contributed by atoms with Crippen LogP contribution in [0.3, 0.4) is 0 Å². The summed E-state index contributed by atoms with van der Waals surface area (Å²) in [4.78, 5) is 25.6. The first kappa shape index (κ1) is 21.5. The molecule has 1 aliphatic heterocycles. The molecule has 29 heavy (non-hydrogen) atoms. The zero-order chi connectivity index (χ0) is 21.5. The van der Waals surface area contributed by atoms with Gasteiger partial charge in [-0.15, -0.1) is 11.3 Å². The van der Waals surface area contributed by atoms with E-state index in [4.69, 9.17) is 10.3 Å². The van der Waals surface area contributed by atoms with E-state index in [1.54, 1.807) is 20.8 Å². The number of nitrogens with two attached hydrogens (primary N) is 1. The molecule has 1 unspecified atom stereocenters. The molecule has 3 rings (SSSR count). The zero-order valence-corrected chi connectivity index (χ0v) is 18.4. The fraction of sp³-hybridized carbons (Fsp3) is 0.500. The average Bonchev–Trinajstić information content (AvgIpc) is 3.13. The van der Waals surface area contributed by atoms with E-state index in [-0.39, 0.29) is 23.1 Å². The molecule has 0 aromatic carbocycles. The fourth-order valence-corrected chi connectivity index (χ4v) is 6.46. The number of hydrogen-bond donors (Lipinski definition) is 2. The summed E-state index contributed by atoms with van der Waals surface area (Å²) in [5.74, 6) is -1.24. The van der Waals surface area contributed by atoms with Crippen molar-refractivity contribution in [3.63, 3.8) is 0 Å². The fourth-order valence-electron chi connectivity index (χ4n) is 3.57. The molecule has 9 nitrogen and oxygen atoms in total. The van der Waals surface area contributed by atoms with Gasteiger partial charge in [-0.25, -0.2) is 8.42 Å². The van der Waals surface area contributed by atoms with E-state index in [0.29, 0.717) is 35.6 Å². The van der Waals surface area contributed by atoms with Gasteiger partial charge < -0.3 is 15.6 Å². The van der Waals surface area contributed by atoms with Crippen molar-refractivity contribution in [2.24, 2.45) is 11.7 Å². The van der Waals surface area contributed by atoms with E-state index in [2.05, 4.69) is 10.5 Å². The summed E-state index contributed by atoms with van der Waals surface area (Å²) in [7, 11) is -3.82. The number of aryl methyl sites for hydroxylation is 3. The standard InChI is InChI=1S/C18H24N4O5S2/c1-9-12(4)28-18(14(9)16(19)23)20-17(24)13-6-5-7-22(8-13)29(25,26)15-10(2)21-27-11(15)3/h13H,5-8H2,1-4H3,(H2,19,23)(H,20,24). The van der Waals surface area contributed by atoms with Crippen LogP contribution in [0.15, 0.2) is 9.42 Å². The molecule has 158 valence electrons. The van der Waals surface area contributed by atoms with Crippen LogP contribution in [0.25, 0.3) is 0 Å². The van der Waals surface area contributed by atoms with Crippen LogP contribution in [-0.2, 0) is 14.8 Å². The second-order valence-corrected chi connectivity index (χ2v) is 10.3. The molecule has 3 heterocycles. The van der Waals surface area contributed by atoms with E-state index >= 15 is 0 Å². The number of thiophene rings is 1. The molecule has 0 bridgehead atoms. The number of nitrogens with zero attached hydrogens (tertiary/aromatic N) is 2. The van der Waals surface area contributed by atoms with Crippen LogP contribution in [-0.4, -0.2) is 42.8 Å². The minimum atomic E-state index is -3.82. The molecule has 11 heteroatoms. The third-order valence-corrected chi connectivity index (χ3v) is 8.42. The maximum absolute atomic E-state index is 13.0. The molecule has 2 amide bonds. The molecule has 0 radical (unpaired) electrons. The van der Waals surface area contributed by atoms with Crippen LogP contribution in [0.4, 0.5) is 5.00 Å². The second kappa shape index (κ2) is 7.88. The predicted molar refractivity (Wildman–Crippen MR) is 108 cm³/mol. The number of hydrogen-bond acceptors (Lipinski definition) is 7. The van der Waals surface area contributed by atoms with E-state index in [9.17, 15) is 18.0 Å². The zero-order valence-electron chi connectivity index (χ0n) is 16.7. The minimum absolute atomic E-state index is 0.0491. The van der Waals surface area contributed by atoms with Crippen molar-refractivity contribution in [1.29, 1.82) is 0 Å². The first-order valence-electron chi connectivity index (χ1n) is 9.17. The molecular formula is C18H24N4O5S2. The Kier molecular flexibility index (Phi) is 5.84. The molecule has 1 aliphatic rings. The molecule has 1 atom stereocenters. The Labute approximate surface area is 173 Å². The number of carbonyl (C=O) groups is 2. The molecule has 0 aliphatic carbocycles. The monoisotopic (exact) mass is 440 g/mol. The Hall–Kier alpha value is -2.24. The molecule has 3 N–H and O–H groups in total. The summed E-state index contributed by atoms with van der Waals surface area (Å²) in [6, 6.07) is 0. The Morgan fingerprint density at radius 1 is 1.28 bits per heavy atom. The van der Waals surface area contributed by atoms with E-state index in [1.165, 1.54) is 15.6 Å². The Bertz CT molecular complexity index is 1050. The maximum Gasteiger partial charge on any atom is 0.251 e. The normalized spacial score (nSPS) is 18.0. The van der Waals surface area contributed by atoms with Crippen LogP contribution < -0.4 is 11.1 Å². The number of primary amides is 1. The molecule has 1 fully saturated rings. The number of piperidine rings is 1. The van der Waals surface area contributed by atoms with Gasteiger partial charge in [-0.2, -0.15) is 4.31 Å². The number of aromatic nitrogens is 1. The third kappa shape index (κ3) is 3.94. The Morgan fingerprint density at radius 3 is 2.55 bits per heavy atom. The molecular weight excluding hydrogens is 416 g/mol. The molecule has 1 saturated heterocycles.